The first kappa shape index (κ1) is 14.1. The Kier molecular flexibility index (Phi) is 4.20. The van der Waals surface area contributed by atoms with Crippen LogP contribution in [0, 0.1) is 0 Å². The molecule has 1 amide bonds. The Labute approximate surface area is 124 Å². The summed E-state index contributed by atoms with van der Waals surface area (Å²) in [5.41, 5.74) is 1.77. The van der Waals surface area contributed by atoms with Gasteiger partial charge in [-0.15, -0.1) is 0 Å². The summed E-state index contributed by atoms with van der Waals surface area (Å²) in [6.45, 7) is 0. The fraction of sp³-hybridized carbons (Fsp3) is 0.500. The number of hydrogen-bond acceptors (Lipinski definition) is 4. The van der Waals surface area contributed by atoms with Crippen molar-refractivity contribution in [1.82, 2.24) is 5.32 Å². The van der Waals surface area contributed by atoms with Crippen molar-refractivity contribution in [2.75, 3.05) is 0 Å². The van der Waals surface area contributed by atoms with Crippen LogP contribution in [0.15, 0.2) is 35.5 Å². The summed E-state index contributed by atoms with van der Waals surface area (Å²) < 4.78 is 0. The topological polar surface area (TPSA) is 70.9 Å². The molecule has 1 saturated carbocycles. The maximum Gasteiger partial charge on any atom is 0.264 e. The average molecular weight is 288 g/mol. The van der Waals surface area contributed by atoms with Crippen molar-refractivity contribution in [3.63, 3.8) is 0 Å². The first-order chi connectivity index (χ1) is 10.2. The van der Waals surface area contributed by atoms with E-state index in [1.54, 1.807) is 0 Å². The molecule has 3 rings (SSSR count). The predicted octanol–water partition coefficient (Wildman–Crippen LogP) is 1.60. The van der Waals surface area contributed by atoms with E-state index in [4.69, 9.17) is 4.84 Å². The minimum absolute atomic E-state index is 0.157. The summed E-state index contributed by atoms with van der Waals surface area (Å²) in [5.74, 6) is -0.185. The minimum Gasteiger partial charge on any atom is -0.391 e. The molecule has 1 aliphatic carbocycles. The summed E-state index contributed by atoms with van der Waals surface area (Å²) in [6, 6.07) is 9.55. The average Bonchev–Trinajstić information content (AvgIpc) is 3.00. The van der Waals surface area contributed by atoms with E-state index in [1.807, 2.05) is 30.3 Å². The number of benzene rings is 1. The van der Waals surface area contributed by atoms with Gasteiger partial charge < -0.3 is 15.3 Å². The van der Waals surface area contributed by atoms with Crippen LogP contribution >= 0.6 is 0 Å². The molecule has 2 N–H and O–H groups in total. The van der Waals surface area contributed by atoms with Crippen LogP contribution < -0.4 is 5.32 Å². The van der Waals surface area contributed by atoms with E-state index >= 15 is 0 Å². The first-order valence-electron chi connectivity index (χ1n) is 7.50. The third-order valence-corrected chi connectivity index (χ3v) is 4.13. The number of carbonyl (C=O) groups excluding carboxylic acids is 1. The SMILES string of the molecule is O=C(N[C@H]1CCCC[C@@H]1O)C1CC(c2ccccc2)=NO1. The quantitative estimate of drug-likeness (QED) is 0.887. The fourth-order valence-electron chi connectivity index (χ4n) is 2.87. The molecule has 0 bridgehead atoms. The molecular weight excluding hydrogens is 268 g/mol. The van der Waals surface area contributed by atoms with E-state index in [2.05, 4.69) is 10.5 Å². The van der Waals surface area contributed by atoms with E-state index in [1.165, 1.54) is 0 Å². The number of carbonyl (C=O) groups is 1. The highest BCUT2D eigenvalue weighted by atomic mass is 16.6. The molecule has 5 nitrogen and oxygen atoms in total. The molecule has 5 heteroatoms. The van der Waals surface area contributed by atoms with Gasteiger partial charge in [0.05, 0.1) is 17.9 Å². The molecule has 1 fully saturated rings. The molecular formula is C16H20N2O3. The van der Waals surface area contributed by atoms with Crippen LogP contribution in [0.1, 0.15) is 37.7 Å². The lowest BCUT2D eigenvalue weighted by molar-refractivity contribution is -0.133. The van der Waals surface area contributed by atoms with Crippen molar-refractivity contribution in [3.8, 4) is 0 Å². The van der Waals surface area contributed by atoms with Crippen molar-refractivity contribution in [2.45, 2.75) is 50.4 Å². The van der Waals surface area contributed by atoms with Crippen LogP contribution in [-0.4, -0.2) is 35.0 Å². The van der Waals surface area contributed by atoms with Gasteiger partial charge in [0.1, 0.15) is 0 Å². The highest BCUT2D eigenvalue weighted by molar-refractivity contribution is 6.04. The Morgan fingerprint density at radius 2 is 2.00 bits per heavy atom. The third kappa shape index (κ3) is 3.24. The van der Waals surface area contributed by atoms with E-state index in [0.717, 1.165) is 37.0 Å². The lowest BCUT2D eigenvalue weighted by Crippen LogP contribution is -2.48. The van der Waals surface area contributed by atoms with E-state index in [9.17, 15) is 9.90 Å². The van der Waals surface area contributed by atoms with Crippen molar-refractivity contribution in [3.05, 3.63) is 35.9 Å². The van der Waals surface area contributed by atoms with Gasteiger partial charge in [-0.05, 0) is 18.4 Å². The predicted molar refractivity (Wildman–Crippen MR) is 78.9 cm³/mol. The molecule has 21 heavy (non-hydrogen) atoms. The molecule has 1 aliphatic heterocycles. The molecule has 0 radical (unpaired) electrons. The zero-order valence-corrected chi connectivity index (χ0v) is 11.9. The van der Waals surface area contributed by atoms with Crippen molar-refractivity contribution < 1.29 is 14.7 Å². The number of amides is 1. The van der Waals surface area contributed by atoms with Gasteiger partial charge in [0.15, 0.2) is 0 Å². The van der Waals surface area contributed by atoms with Crippen LogP contribution in [0.2, 0.25) is 0 Å². The van der Waals surface area contributed by atoms with Gasteiger partial charge in [-0.3, -0.25) is 4.79 Å². The highest BCUT2D eigenvalue weighted by Crippen LogP contribution is 2.20. The summed E-state index contributed by atoms with van der Waals surface area (Å²) in [6.07, 6.45) is 3.08. The number of rotatable bonds is 3. The van der Waals surface area contributed by atoms with E-state index < -0.39 is 12.2 Å². The van der Waals surface area contributed by atoms with Gasteiger partial charge in [-0.2, -0.15) is 0 Å². The Balaban J connectivity index is 1.56. The fourth-order valence-corrected chi connectivity index (χ4v) is 2.87. The molecule has 0 aromatic heterocycles. The standard InChI is InChI=1S/C16H20N2O3/c19-14-9-5-4-8-12(14)17-16(20)15-10-13(18-21-15)11-6-2-1-3-7-11/h1-3,6-7,12,14-15,19H,4-5,8-10H2,(H,17,20)/t12-,14-,15?/m0/s1. The number of aliphatic hydroxyl groups excluding tert-OH is 1. The summed E-state index contributed by atoms with van der Waals surface area (Å²) >= 11 is 0. The molecule has 1 heterocycles. The highest BCUT2D eigenvalue weighted by Gasteiger charge is 2.32. The van der Waals surface area contributed by atoms with Crippen molar-refractivity contribution in [1.29, 1.82) is 0 Å². The molecule has 3 atom stereocenters. The van der Waals surface area contributed by atoms with Crippen LogP contribution in [0.3, 0.4) is 0 Å². The number of oxime groups is 1. The lowest BCUT2D eigenvalue weighted by atomic mass is 9.92. The normalized spacial score (nSPS) is 28.6. The molecule has 0 spiro atoms. The Morgan fingerprint density at radius 3 is 2.76 bits per heavy atom. The smallest absolute Gasteiger partial charge is 0.264 e. The zero-order valence-electron chi connectivity index (χ0n) is 11.9. The Morgan fingerprint density at radius 1 is 1.24 bits per heavy atom. The van der Waals surface area contributed by atoms with Gasteiger partial charge in [0, 0.05) is 6.42 Å². The first-order valence-corrected chi connectivity index (χ1v) is 7.50. The molecule has 112 valence electrons. The second kappa shape index (κ2) is 6.26. The maximum absolute atomic E-state index is 12.2. The second-order valence-electron chi connectivity index (χ2n) is 5.67. The molecule has 1 unspecified atom stereocenters. The van der Waals surface area contributed by atoms with Crippen molar-refractivity contribution in [2.24, 2.45) is 5.16 Å². The van der Waals surface area contributed by atoms with Crippen molar-refractivity contribution >= 4 is 11.6 Å². The Bertz CT molecular complexity index is 530. The van der Waals surface area contributed by atoms with Crippen LogP contribution in [0.4, 0.5) is 0 Å². The monoisotopic (exact) mass is 288 g/mol. The Hall–Kier alpha value is -1.88. The molecule has 1 aromatic carbocycles. The van der Waals surface area contributed by atoms with Gasteiger partial charge in [-0.25, -0.2) is 0 Å². The number of hydrogen-bond donors (Lipinski definition) is 2. The van der Waals surface area contributed by atoms with Gasteiger partial charge in [-0.1, -0.05) is 48.3 Å². The number of nitrogens with one attached hydrogen (secondary N) is 1. The second-order valence-corrected chi connectivity index (χ2v) is 5.67. The van der Waals surface area contributed by atoms with E-state index in [-0.39, 0.29) is 11.9 Å². The lowest BCUT2D eigenvalue weighted by Gasteiger charge is -2.28. The zero-order chi connectivity index (χ0) is 14.7. The summed E-state index contributed by atoms with van der Waals surface area (Å²) in [7, 11) is 0. The minimum atomic E-state index is -0.589. The molecule has 1 aromatic rings. The van der Waals surface area contributed by atoms with Gasteiger partial charge in [0.2, 0.25) is 6.10 Å². The van der Waals surface area contributed by atoms with Gasteiger partial charge in [0.25, 0.3) is 5.91 Å². The van der Waals surface area contributed by atoms with Crippen LogP contribution in [-0.2, 0) is 9.63 Å². The summed E-state index contributed by atoms with van der Waals surface area (Å²) in [5, 5.41) is 16.8. The maximum atomic E-state index is 12.2. The molecule has 0 saturated heterocycles. The van der Waals surface area contributed by atoms with Crippen LogP contribution in [0.5, 0.6) is 0 Å². The largest absolute Gasteiger partial charge is 0.391 e. The van der Waals surface area contributed by atoms with E-state index in [0.29, 0.717) is 6.42 Å². The number of aliphatic hydroxyl groups is 1. The summed E-state index contributed by atoms with van der Waals surface area (Å²) in [4.78, 5) is 17.5. The van der Waals surface area contributed by atoms with Gasteiger partial charge >= 0.3 is 0 Å². The molecule has 2 aliphatic rings. The number of nitrogens with zero attached hydrogens (tertiary/aromatic N) is 1. The third-order valence-electron chi connectivity index (χ3n) is 4.13. The van der Waals surface area contributed by atoms with Crippen LogP contribution in [0.25, 0.3) is 0 Å².